The van der Waals surface area contributed by atoms with E-state index in [9.17, 15) is 18.5 Å². The summed E-state index contributed by atoms with van der Waals surface area (Å²) in [5.41, 5.74) is 4.93. The average Bonchev–Trinajstić information content (AvgIpc) is 3.61. The van der Waals surface area contributed by atoms with E-state index in [1.165, 1.54) is 6.08 Å². The first-order valence-corrected chi connectivity index (χ1v) is 14.3. The van der Waals surface area contributed by atoms with Gasteiger partial charge in [-0.25, -0.2) is 13.1 Å². The molecule has 0 fully saturated rings. The Morgan fingerprint density at radius 2 is 1.60 bits per heavy atom. The minimum atomic E-state index is -4.34. The first-order chi connectivity index (χ1) is 19.2. The fraction of sp³-hybridized carbons (Fsp3) is 0.0690. The lowest BCUT2D eigenvalue weighted by Gasteiger charge is -2.02. The second-order valence-corrected chi connectivity index (χ2v) is 12.0. The number of rotatable bonds is 7. The Labute approximate surface area is 235 Å². The predicted octanol–water partition coefficient (Wildman–Crippen LogP) is 5.60. The number of nitrogens with one attached hydrogen (secondary N) is 1. The van der Waals surface area contributed by atoms with Gasteiger partial charge >= 0.3 is 0 Å². The van der Waals surface area contributed by atoms with Crippen LogP contribution in [0.15, 0.2) is 94.3 Å². The molecular formula is C29H22N6O3S2. The van der Waals surface area contributed by atoms with Crippen molar-refractivity contribution in [2.24, 2.45) is 0 Å². The first kappa shape index (κ1) is 26.7. The van der Waals surface area contributed by atoms with Gasteiger partial charge in [0.05, 0.1) is 5.69 Å². The second-order valence-electron chi connectivity index (χ2n) is 8.90. The molecule has 0 saturated carbocycles. The third kappa shape index (κ3) is 5.58. The average molecular weight is 567 g/mol. The Bertz CT molecular complexity index is 1870. The van der Waals surface area contributed by atoms with Crippen LogP contribution in [-0.2, 0) is 9.84 Å². The first-order valence-electron chi connectivity index (χ1n) is 12.0. The summed E-state index contributed by atoms with van der Waals surface area (Å²) >= 11 is 0.670. The van der Waals surface area contributed by atoms with Gasteiger partial charge < -0.3 is 0 Å². The van der Waals surface area contributed by atoms with Gasteiger partial charge in [-0.2, -0.15) is 10.4 Å². The quantitative estimate of drug-likeness (QED) is 0.200. The fourth-order valence-electron chi connectivity index (χ4n) is 3.79. The molecule has 9 nitrogen and oxygen atoms in total. The topological polar surface area (TPSA) is 131 Å². The summed E-state index contributed by atoms with van der Waals surface area (Å²) < 4.78 is 28.1. The molecule has 0 saturated heterocycles. The molecule has 11 heteroatoms. The van der Waals surface area contributed by atoms with Crippen molar-refractivity contribution in [3.8, 4) is 23.0 Å². The van der Waals surface area contributed by atoms with E-state index >= 15 is 0 Å². The van der Waals surface area contributed by atoms with Crippen LogP contribution in [0.1, 0.15) is 27.0 Å². The molecule has 40 heavy (non-hydrogen) atoms. The molecule has 0 aliphatic carbocycles. The number of nitriles is 1. The van der Waals surface area contributed by atoms with Gasteiger partial charge in [-0.1, -0.05) is 77.1 Å². The van der Waals surface area contributed by atoms with E-state index in [0.29, 0.717) is 28.2 Å². The number of allylic oxidation sites excluding steroid dienone is 1. The molecule has 2 aromatic heterocycles. The number of aromatic nitrogens is 4. The molecule has 0 unspecified atom stereocenters. The Hall–Kier alpha value is -4.92. The summed E-state index contributed by atoms with van der Waals surface area (Å²) in [5.74, 6) is -0.452. The number of aryl methyl sites for hydroxylation is 2. The zero-order valence-corrected chi connectivity index (χ0v) is 23.1. The molecule has 198 valence electrons. The number of anilines is 1. The third-order valence-corrected chi connectivity index (χ3v) is 8.82. The zero-order valence-electron chi connectivity index (χ0n) is 21.4. The number of benzene rings is 3. The molecule has 0 aliphatic rings. The predicted molar refractivity (Wildman–Crippen MR) is 154 cm³/mol. The number of para-hydroxylation sites is 1. The molecule has 0 spiro atoms. The van der Waals surface area contributed by atoms with Crippen LogP contribution in [0.25, 0.3) is 23.0 Å². The van der Waals surface area contributed by atoms with E-state index in [1.54, 1.807) is 41.2 Å². The number of hydrogen-bond acceptors (Lipinski definition) is 8. The lowest BCUT2D eigenvalue weighted by Crippen LogP contribution is -2.11. The van der Waals surface area contributed by atoms with Gasteiger partial charge in [0.1, 0.15) is 11.8 Å². The van der Waals surface area contributed by atoms with E-state index < -0.39 is 25.0 Å². The van der Waals surface area contributed by atoms with Crippen molar-refractivity contribution in [1.82, 2.24) is 20.0 Å². The Morgan fingerprint density at radius 3 is 2.25 bits per heavy atom. The molecule has 5 aromatic rings. The Kier molecular flexibility index (Phi) is 7.37. The number of amides is 1. The molecule has 1 amide bonds. The lowest BCUT2D eigenvalue weighted by molar-refractivity contribution is 0.102. The van der Waals surface area contributed by atoms with Gasteiger partial charge in [-0.05, 0) is 44.2 Å². The smallest absolute Gasteiger partial charge is 0.257 e. The highest BCUT2D eigenvalue weighted by Gasteiger charge is 2.27. The normalized spacial score (nSPS) is 11.7. The number of sulfone groups is 1. The van der Waals surface area contributed by atoms with E-state index in [2.05, 4.69) is 20.6 Å². The number of nitrogens with zero attached hydrogens (tertiary/aromatic N) is 5. The molecule has 3 aromatic carbocycles. The molecule has 5 rings (SSSR count). The molecule has 0 atom stereocenters. The maximum atomic E-state index is 13.4. The van der Waals surface area contributed by atoms with Gasteiger partial charge in [0.2, 0.25) is 19.3 Å². The molecule has 0 aliphatic heterocycles. The van der Waals surface area contributed by atoms with Crippen LogP contribution >= 0.6 is 11.3 Å². The van der Waals surface area contributed by atoms with Crippen molar-refractivity contribution >= 4 is 38.3 Å². The highest BCUT2D eigenvalue weighted by atomic mass is 32.2. The van der Waals surface area contributed by atoms with E-state index in [1.807, 2.05) is 68.4 Å². The minimum absolute atomic E-state index is 0.00122. The number of hydrogen-bond donors (Lipinski definition) is 1. The van der Waals surface area contributed by atoms with Gasteiger partial charge in [-0.15, -0.1) is 10.2 Å². The number of carbonyl (C=O) groups excluding carboxylic acids is 1. The van der Waals surface area contributed by atoms with Gasteiger partial charge in [-0.3, -0.25) is 10.1 Å². The maximum absolute atomic E-state index is 13.4. The van der Waals surface area contributed by atoms with Gasteiger partial charge in [0.25, 0.3) is 5.91 Å². The third-order valence-electron chi connectivity index (χ3n) is 5.95. The van der Waals surface area contributed by atoms with Crippen LogP contribution in [-0.4, -0.2) is 34.3 Å². The van der Waals surface area contributed by atoms with E-state index in [-0.39, 0.29) is 5.13 Å². The van der Waals surface area contributed by atoms with E-state index in [0.717, 1.165) is 22.4 Å². The van der Waals surface area contributed by atoms with Crippen molar-refractivity contribution < 1.29 is 13.2 Å². The highest BCUT2D eigenvalue weighted by molar-refractivity contribution is 7.97. The summed E-state index contributed by atoms with van der Waals surface area (Å²) in [5, 5.41) is 24.7. The molecule has 0 radical (unpaired) electrons. The Balaban J connectivity index is 1.50. The van der Waals surface area contributed by atoms with Crippen LogP contribution in [0.3, 0.4) is 0 Å². The standard InChI is InChI=1S/C29H22N6O3S2/c1-19-8-12-21(13-9-19)26-23(18-35(34-26)24-6-4-3-5-7-24)16-25(17-30)40(37,38)29-33-32-28(39-29)31-27(36)22-14-10-20(2)11-15-22/h3-16,18H,1-2H3,(H,31,32,36). The van der Waals surface area contributed by atoms with Crippen molar-refractivity contribution in [2.45, 2.75) is 18.2 Å². The van der Waals surface area contributed by atoms with Crippen molar-refractivity contribution in [1.29, 1.82) is 5.26 Å². The summed E-state index contributed by atoms with van der Waals surface area (Å²) in [7, 11) is -4.34. The van der Waals surface area contributed by atoms with Crippen LogP contribution in [0.4, 0.5) is 5.13 Å². The SMILES string of the molecule is Cc1ccc(C(=O)Nc2nnc(S(=O)(=O)C(C#N)=Cc3cn(-c4ccccc4)nc3-c3ccc(C)cc3)s2)cc1. The van der Waals surface area contributed by atoms with Gasteiger partial charge in [0.15, 0.2) is 4.91 Å². The fourth-order valence-corrected chi connectivity index (χ4v) is 5.95. The molecule has 2 heterocycles. The summed E-state index contributed by atoms with van der Waals surface area (Å²) in [4.78, 5) is 12.0. The monoisotopic (exact) mass is 566 g/mol. The van der Waals surface area contributed by atoms with Crippen LogP contribution in [0.5, 0.6) is 0 Å². The van der Waals surface area contributed by atoms with Crippen LogP contribution in [0.2, 0.25) is 0 Å². The highest BCUT2D eigenvalue weighted by Crippen LogP contribution is 2.30. The number of carbonyl (C=O) groups is 1. The molecule has 0 bridgehead atoms. The largest absolute Gasteiger partial charge is 0.296 e. The van der Waals surface area contributed by atoms with Crippen molar-refractivity contribution in [3.63, 3.8) is 0 Å². The van der Waals surface area contributed by atoms with Crippen molar-refractivity contribution in [3.05, 3.63) is 112 Å². The zero-order chi connectivity index (χ0) is 28.3. The van der Waals surface area contributed by atoms with Crippen molar-refractivity contribution in [2.75, 3.05) is 5.32 Å². The summed E-state index contributed by atoms with van der Waals surface area (Å²) in [6, 6.07) is 25.7. The van der Waals surface area contributed by atoms with Crippen LogP contribution < -0.4 is 5.32 Å². The van der Waals surface area contributed by atoms with Crippen LogP contribution in [0, 0.1) is 25.2 Å². The summed E-state index contributed by atoms with van der Waals surface area (Å²) in [6.45, 7) is 3.87. The maximum Gasteiger partial charge on any atom is 0.257 e. The second kappa shape index (κ2) is 11.1. The van der Waals surface area contributed by atoms with E-state index in [4.69, 9.17) is 0 Å². The lowest BCUT2D eigenvalue weighted by atomic mass is 10.1. The molecular weight excluding hydrogens is 544 g/mol. The Morgan fingerprint density at radius 1 is 0.950 bits per heavy atom. The van der Waals surface area contributed by atoms with Gasteiger partial charge in [0, 0.05) is 22.9 Å². The molecule has 1 N–H and O–H groups in total. The summed E-state index contributed by atoms with van der Waals surface area (Å²) in [6.07, 6.45) is 2.95. The minimum Gasteiger partial charge on any atom is -0.296 e.